The summed E-state index contributed by atoms with van der Waals surface area (Å²) in [5, 5.41) is 0. The summed E-state index contributed by atoms with van der Waals surface area (Å²) < 4.78 is 2.58. The summed E-state index contributed by atoms with van der Waals surface area (Å²) in [6, 6.07) is 0. The van der Waals surface area contributed by atoms with Gasteiger partial charge in [0, 0.05) is 3.58 Å². The Morgan fingerprint density at radius 1 is 1.62 bits per heavy atom. The van der Waals surface area contributed by atoms with Gasteiger partial charge in [-0.3, -0.25) is 0 Å². The van der Waals surface area contributed by atoms with Crippen molar-refractivity contribution in [3.8, 4) is 0 Å². The third-order valence-corrected chi connectivity index (χ3v) is 4.47. The molecule has 0 heterocycles. The van der Waals surface area contributed by atoms with Crippen LogP contribution >= 0.6 is 61.1 Å². The molecule has 0 aromatic rings. The van der Waals surface area contributed by atoms with Gasteiger partial charge in [0.1, 0.15) is 0 Å². The van der Waals surface area contributed by atoms with Gasteiger partial charge in [0.05, 0.1) is 2.49 Å². The van der Waals surface area contributed by atoms with E-state index in [2.05, 4.69) is 74.5 Å². The van der Waals surface area contributed by atoms with Crippen molar-refractivity contribution in [3.63, 3.8) is 0 Å². The first-order chi connectivity index (χ1) is 3.68. The van der Waals surface area contributed by atoms with E-state index < -0.39 is 0 Å². The average molecular weight is 400 g/mol. The number of halogens is 3. The molecule has 0 nitrogen and oxygen atoms in total. The molecule has 0 saturated heterocycles. The van der Waals surface area contributed by atoms with Crippen LogP contribution in [0.2, 0.25) is 0 Å². The minimum absolute atomic E-state index is 1.07. The van der Waals surface area contributed by atoms with Crippen LogP contribution in [0.4, 0.5) is 0 Å². The van der Waals surface area contributed by atoms with Crippen LogP contribution in [0, 0.1) is 6.42 Å². The SMILES string of the molecule is C[CH]CC(I)=C(Br)I. The van der Waals surface area contributed by atoms with Crippen LogP contribution in [0.5, 0.6) is 0 Å². The molecule has 47 valence electrons. The van der Waals surface area contributed by atoms with Gasteiger partial charge in [-0.2, -0.15) is 0 Å². The lowest BCUT2D eigenvalue weighted by atomic mass is 10.3. The second kappa shape index (κ2) is 5.46. The quantitative estimate of drug-likeness (QED) is 0.615. The van der Waals surface area contributed by atoms with E-state index in [1.165, 1.54) is 6.07 Å². The van der Waals surface area contributed by atoms with Crippen molar-refractivity contribution in [2.45, 2.75) is 13.3 Å². The molecular weight excluding hydrogens is 394 g/mol. The van der Waals surface area contributed by atoms with Gasteiger partial charge < -0.3 is 0 Å². The predicted molar refractivity (Wildman–Crippen MR) is 58.6 cm³/mol. The molecule has 0 aliphatic carbocycles. The molecule has 0 bridgehead atoms. The predicted octanol–water partition coefficient (Wildman–Crippen LogP) is 4.03. The molecule has 0 aliphatic heterocycles. The summed E-state index contributed by atoms with van der Waals surface area (Å²) in [7, 11) is 0. The van der Waals surface area contributed by atoms with E-state index >= 15 is 0 Å². The lowest BCUT2D eigenvalue weighted by molar-refractivity contribution is 1.21. The fourth-order valence-electron chi connectivity index (χ4n) is 0.256. The molecule has 0 rings (SSSR count). The van der Waals surface area contributed by atoms with Crippen molar-refractivity contribution in [2.75, 3.05) is 0 Å². The van der Waals surface area contributed by atoms with Gasteiger partial charge in [0.15, 0.2) is 0 Å². The highest BCUT2D eigenvalue weighted by Gasteiger charge is 1.92. The van der Waals surface area contributed by atoms with Gasteiger partial charge in [0.2, 0.25) is 0 Å². The van der Waals surface area contributed by atoms with Gasteiger partial charge >= 0.3 is 0 Å². The molecule has 3 heteroatoms. The second-order valence-electron chi connectivity index (χ2n) is 1.28. The lowest BCUT2D eigenvalue weighted by Gasteiger charge is -1.92. The number of allylic oxidation sites excluding steroid dienone is 1. The molecule has 0 fully saturated rings. The van der Waals surface area contributed by atoms with Crippen LogP contribution in [-0.4, -0.2) is 0 Å². The molecule has 0 N–H and O–H groups in total. The maximum atomic E-state index is 3.38. The number of hydrogen-bond acceptors (Lipinski definition) is 0. The van der Waals surface area contributed by atoms with E-state index in [4.69, 9.17) is 0 Å². The van der Waals surface area contributed by atoms with Crippen LogP contribution in [-0.2, 0) is 0 Å². The molecular formula is C5H6BrI2. The van der Waals surface area contributed by atoms with Crippen molar-refractivity contribution < 1.29 is 0 Å². The molecule has 0 spiro atoms. The lowest BCUT2D eigenvalue weighted by Crippen LogP contribution is -1.69. The molecule has 1 radical (unpaired) electrons. The monoisotopic (exact) mass is 399 g/mol. The highest BCUT2D eigenvalue weighted by atomic mass is 127. The molecule has 0 saturated carbocycles. The molecule has 0 unspecified atom stereocenters. The Morgan fingerprint density at radius 2 is 2.12 bits per heavy atom. The summed E-state index contributed by atoms with van der Waals surface area (Å²) in [6.45, 7) is 2.06. The first kappa shape index (κ1) is 9.68. The van der Waals surface area contributed by atoms with E-state index in [1.807, 2.05) is 0 Å². The van der Waals surface area contributed by atoms with Crippen molar-refractivity contribution >= 4 is 61.1 Å². The first-order valence-corrected chi connectivity index (χ1v) is 5.11. The summed E-state index contributed by atoms with van der Waals surface area (Å²) in [4.78, 5) is 0. The van der Waals surface area contributed by atoms with Gasteiger partial charge in [-0.1, -0.05) is 6.92 Å². The number of hydrogen-bond donors (Lipinski definition) is 0. The number of rotatable bonds is 2. The van der Waals surface area contributed by atoms with Crippen LogP contribution in [0.1, 0.15) is 13.3 Å². The second-order valence-corrected chi connectivity index (χ2v) is 5.93. The van der Waals surface area contributed by atoms with Gasteiger partial charge in [0.25, 0.3) is 0 Å². The molecule has 8 heavy (non-hydrogen) atoms. The fraction of sp³-hybridized carbons (Fsp3) is 0.400. The zero-order valence-electron chi connectivity index (χ0n) is 4.42. The Bertz CT molecular complexity index is 94.6. The zero-order valence-corrected chi connectivity index (χ0v) is 10.3. The maximum absolute atomic E-state index is 3.38. The van der Waals surface area contributed by atoms with Gasteiger partial charge in [-0.15, -0.1) is 0 Å². The van der Waals surface area contributed by atoms with Crippen LogP contribution in [0.3, 0.4) is 0 Å². The Kier molecular flexibility index (Phi) is 6.61. The third-order valence-electron chi connectivity index (χ3n) is 0.588. The summed E-state index contributed by atoms with van der Waals surface area (Å²) in [6.07, 6.45) is 3.21. The molecule has 0 atom stereocenters. The minimum Gasteiger partial charge on any atom is -0.0619 e. The van der Waals surface area contributed by atoms with E-state index in [0.29, 0.717) is 0 Å². The topological polar surface area (TPSA) is 0 Å². The minimum atomic E-state index is 1.07. The van der Waals surface area contributed by atoms with Crippen molar-refractivity contribution in [1.29, 1.82) is 0 Å². The van der Waals surface area contributed by atoms with Crippen molar-refractivity contribution in [1.82, 2.24) is 0 Å². The molecule has 0 amide bonds. The van der Waals surface area contributed by atoms with Crippen molar-refractivity contribution in [2.24, 2.45) is 0 Å². The Labute approximate surface area is 85.9 Å². The van der Waals surface area contributed by atoms with Crippen molar-refractivity contribution in [3.05, 3.63) is 12.5 Å². The molecule has 0 aliphatic rings. The van der Waals surface area contributed by atoms with E-state index in [1.54, 1.807) is 0 Å². The third kappa shape index (κ3) is 4.55. The van der Waals surface area contributed by atoms with Crippen LogP contribution in [0.15, 0.2) is 6.07 Å². The highest BCUT2D eigenvalue weighted by molar-refractivity contribution is 14.1. The van der Waals surface area contributed by atoms with Crippen LogP contribution < -0.4 is 0 Å². The Balaban J connectivity index is 3.62. The van der Waals surface area contributed by atoms with E-state index in [0.717, 1.165) is 6.42 Å². The fourth-order valence-corrected chi connectivity index (χ4v) is 1.08. The molecule has 0 aromatic carbocycles. The normalized spacial score (nSPS) is 13.5. The first-order valence-electron chi connectivity index (χ1n) is 2.16. The molecule has 0 aromatic heterocycles. The maximum Gasteiger partial charge on any atom is 0.0651 e. The largest absolute Gasteiger partial charge is 0.0651 e. The Morgan fingerprint density at radius 3 is 2.25 bits per heavy atom. The Hall–Kier alpha value is 1.68. The van der Waals surface area contributed by atoms with Gasteiger partial charge in [-0.05, 0) is 74.0 Å². The van der Waals surface area contributed by atoms with E-state index in [-0.39, 0.29) is 0 Å². The smallest absolute Gasteiger partial charge is 0.0619 e. The zero-order chi connectivity index (χ0) is 6.57. The summed E-state index contributed by atoms with van der Waals surface area (Å²) in [5.41, 5.74) is 0. The summed E-state index contributed by atoms with van der Waals surface area (Å²) in [5.74, 6) is 0. The summed E-state index contributed by atoms with van der Waals surface area (Å²) >= 11 is 7.97. The van der Waals surface area contributed by atoms with E-state index in [9.17, 15) is 0 Å². The standard InChI is InChI=1S/C5H6BrI2/c1-2-3-4(7)5(6)8/h2H,3H2,1H3. The average Bonchev–Trinajstić information content (AvgIpc) is 1.67. The highest BCUT2D eigenvalue weighted by Crippen LogP contribution is 2.27. The van der Waals surface area contributed by atoms with Gasteiger partial charge in [-0.25, -0.2) is 0 Å². The van der Waals surface area contributed by atoms with Crippen LogP contribution in [0.25, 0.3) is 0 Å².